The minimum Gasteiger partial charge on any atom is -0.375 e. The van der Waals surface area contributed by atoms with Crippen molar-refractivity contribution < 1.29 is 9.53 Å². The predicted molar refractivity (Wildman–Crippen MR) is 91.2 cm³/mol. The van der Waals surface area contributed by atoms with Crippen molar-refractivity contribution in [2.75, 3.05) is 19.7 Å². The molecule has 7 nitrogen and oxygen atoms in total. The molecule has 0 aromatic carbocycles. The Balaban J connectivity index is 1.39. The smallest absolute Gasteiger partial charge is 0.274 e. The van der Waals surface area contributed by atoms with Gasteiger partial charge in [-0.3, -0.25) is 9.89 Å². The van der Waals surface area contributed by atoms with Gasteiger partial charge in [-0.15, -0.1) is 0 Å². The second kappa shape index (κ2) is 7.31. The van der Waals surface area contributed by atoms with Gasteiger partial charge < -0.3 is 9.64 Å². The van der Waals surface area contributed by atoms with Crippen molar-refractivity contribution in [3.05, 3.63) is 41.2 Å². The average molecular weight is 341 g/mol. The molecule has 0 radical (unpaired) electrons. The van der Waals surface area contributed by atoms with Gasteiger partial charge in [-0.25, -0.2) is 9.97 Å². The molecule has 1 amide bonds. The van der Waals surface area contributed by atoms with Gasteiger partial charge in [0.15, 0.2) is 5.69 Å². The summed E-state index contributed by atoms with van der Waals surface area (Å²) in [4.78, 5) is 23.0. The van der Waals surface area contributed by atoms with E-state index in [1.807, 2.05) is 11.0 Å². The molecule has 2 aromatic rings. The molecule has 1 saturated heterocycles. The molecule has 1 atom stereocenters. The minimum absolute atomic E-state index is 0.0368. The van der Waals surface area contributed by atoms with Gasteiger partial charge in [0, 0.05) is 36.2 Å². The topological polar surface area (TPSA) is 84.0 Å². The first-order valence-electron chi connectivity index (χ1n) is 9.03. The molecule has 0 spiro atoms. The lowest BCUT2D eigenvalue weighted by Gasteiger charge is -2.33. The summed E-state index contributed by atoms with van der Waals surface area (Å²) in [7, 11) is 0. The standard InChI is InChI=1S/C18H23N5O2/c24-18(17-15-3-1-2-4-16(15)21-22-17)23-9-10-25-14(11-23)6-5-13-7-8-19-12-20-13/h7-8,12,14H,1-6,9-11H2,(H,21,22). The molecule has 1 unspecified atom stereocenters. The number of rotatable bonds is 4. The maximum atomic E-state index is 12.9. The van der Waals surface area contributed by atoms with Gasteiger partial charge in [0.1, 0.15) is 6.33 Å². The van der Waals surface area contributed by atoms with Crippen LogP contribution in [0.4, 0.5) is 0 Å². The highest BCUT2D eigenvalue weighted by atomic mass is 16.5. The lowest BCUT2D eigenvalue weighted by molar-refractivity contribution is -0.0249. The number of fused-ring (bicyclic) bond motifs is 1. The number of nitrogens with one attached hydrogen (secondary N) is 1. The van der Waals surface area contributed by atoms with E-state index in [1.54, 1.807) is 12.5 Å². The Kier molecular flexibility index (Phi) is 4.74. The first-order valence-corrected chi connectivity index (χ1v) is 9.03. The molecule has 1 fully saturated rings. The number of ether oxygens (including phenoxy) is 1. The van der Waals surface area contributed by atoms with Crippen LogP contribution in [0.1, 0.15) is 46.7 Å². The van der Waals surface area contributed by atoms with E-state index in [0.29, 0.717) is 25.4 Å². The fourth-order valence-electron chi connectivity index (χ4n) is 3.66. The molecule has 1 aliphatic carbocycles. The van der Waals surface area contributed by atoms with Crippen LogP contribution in [0.25, 0.3) is 0 Å². The largest absolute Gasteiger partial charge is 0.375 e. The van der Waals surface area contributed by atoms with E-state index in [4.69, 9.17) is 4.74 Å². The highest BCUT2D eigenvalue weighted by molar-refractivity contribution is 5.94. The van der Waals surface area contributed by atoms with Crippen LogP contribution in [0, 0.1) is 0 Å². The molecule has 1 N–H and O–H groups in total. The molecule has 4 rings (SSSR count). The number of hydrogen-bond acceptors (Lipinski definition) is 5. The van der Waals surface area contributed by atoms with Crippen molar-refractivity contribution in [2.45, 2.75) is 44.6 Å². The molecule has 7 heteroatoms. The SMILES string of the molecule is O=C(c1n[nH]c2c1CCCC2)N1CCOC(CCc2ccncn2)C1. The molecule has 2 aromatic heterocycles. The zero-order valence-electron chi connectivity index (χ0n) is 14.3. The van der Waals surface area contributed by atoms with E-state index < -0.39 is 0 Å². The number of morpholine rings is 1. The predicted octanol–water partition coefficient (Wildman–Crippen LogP) is 1.55. The van der Waals surface area contributed by atoms with Crippen LogP contribution in [0.5, 0.6) is 0 Å². The highest BCUT2D eigenvalue weighted by Gasteiger charge is 2.29. The summed E-state index contributed by atoms with van der Waals surface area (Å²) in [6, 6.07) is 1.92. The van der Waals surface area contributed by atoms with E-state index in [-0.39, 0.29) is 12.0 Å². The summed E-state index contributed by atoms with van der Waals surface area (Å²) < 4.78 is 5.84. The van der Waals surface area contributed by atoms with Gasteiger partial charge in [0.05, 0.1) is 12.7 Å². The summed E-state index contributed by atoms with van der Waals surface area (Å²) in [6.07, 6.45) is 9.29. The number of carbonyl (C=O) groups is 1. The van der Waals surface area contributed by atoms with Crippen LogP contribution in [0.3, 0.4) is 0 Å². The van der Waals surface area contributed by atoms with Crippen molar-refractivity contribution in [1.29, 1.82) is 0 Å². The minimum atomic E-state index is 0.0368. The first kappa shape index (κ1) is 16.2. The highest BCUT2D eigenvalue weighted by Crippen LogP contribution is 2.24. The van der Waals surface area contributed by atoms with Gasteiger partial charge in [0.25, 0.3) is 5.91 Å². The maximum absolute atomic E-state index is 12.9. The fraction of sp³-hybridized carbons (Fsp3) is 0.556. The molecule has 132 valence electrons. The van der Waals surface area contributed by atoms with E-state index in [0.717, 1.165) is 49.1 Å². The van der Waals surface area contributed by atoms with Gasteiger partial charge in [-0.2, -0.15) is 5.10 Å². The number of aromatic nitrogens is 4. The van der Waals surface area contributed by atoms with Crippen LogP contribution in [-0.4, -0.2) is 56.8 Å². The van der Waals surface area contributed by atoms with E-state index in [1.165, 1.54) is 6.42 Å². The fourth-order valence-corrected chi connectivity index (χ4v) is 3.66. The molecular weight excluding hydrogens is 318 g/mol. The molecule has 25 heavy (non-hydrogen) atoms. The third-order valence-corrected chi connectivity index (χ3v) is 5.05. The number of aromatic amines is 1. The zero-order chi connectivity index (χ0) is 17.1. The van der Waals surface area contributed by atoms with Crippen molar-refractivity contribution in [3.8, 4) is 0 Å². The Morgan fingerprint density at radius 2 is 2.28 bits per heavy atom. The Bertz CT molecular complexity index is 730. The van der Waals surface area contributed by atoms with Crippen molar-refractivity contribution in [2.24, 2.45) is 0 Å². The summed E-state index contributed by atoms with van der Waals surface area (Å²) in [5, 5.41) is 7.38. The lowest BCUT2D eigenvalue weighted by Crippen LogP contribution is -2.46. The number of hydrogen-bond donors (Lipinski definition) is 1. The van der Waals surface area contributed by atoms with Crippen molar-refractivity contribution in [1.82, 2.24) is 25.1 Å². The quantitative estimate of drug-likeness (QED) is 0.912. The van der Waals surface area contributed by atoms with Gasteiger partial charge in [-0.1, -0.05) is 0 Å². The molecule has 0 bridgehead atoms. The van der Waals surface area contributed by atoms with Gasteiger partial charge in [-0.05, 0) is 44.6 Å². The third kappa shape index (κ3) is 3.56. The van der Waals surface area contributed by atoms with Crippen molar-refractivity contribution in [3.63, 3.8) is 0 Å². The van der Waals surface area contributed by atoms with Crippen LogP contribution in [-0.2, 0) is 24.0 Å². The number of H-pyrrole nitrogens is 1. The second-order valence-corrected chi connectivity index (χ2v) is 6.72. The molecular formula is C18H23N5O2. The van der Waals surface area contributed by atoms with Crippen molar-refractivity contribution >= 4 is 5.91 Å². The molecule has 1 aliphatic heterocycles. The molecule has 0 saturated carbocycles. The monoisotopic (exact) mass is 341 g/mol. The number of aryl methyl sites for hydroxylation is 2. The van der Waals surface area contributed by atoms with E-state index in [2.05, 4.69) is 20.2 Å². The van der Waals surface area contributed by atoms with Gasteiger partial charge >= 0.3 is 0 Å². The Labute approximate surface area is 146 Å². The second-order valence-electron chi connectivity index (χ2n) is 6.72. The van der Waals surface area contributed by atoms with Gasteiger partial charge in [0.2, 0.25) is 0 Å². The molecule has 2 aliphatic rings. The normalized spacial score (nSPS) is 20.3. The van der Waals surface area contributed by atoms with Crippen LogP contribution < -0.4 is 0 Å². The summed E-state index contributed by atoms with van der Waals surface area (Å²) >= 11 is 0. The number of amides is 1. The van der Waals surface area contributed by atoms with Crippen LogP contribution >= 0.6 is 0 Å². The molecule has 3 heterocycles. The number of carbonyl (C=O) groups excluding carboxylic acids is 1. The van der Waals surface area contributed by atoms with Crippen LogP contribution in [0.15, 0.2) is 18.6 Å². The summed E-state index contributed by atoms with van der Waals surface area (Å²) in [5.74, 6) is 0.0368. The lowest BCUT2D eigenvalue weighted by atomic mass is 9.95. The number of nitrogens with zero attached hydrogens (tertiary/aromatic N) is 4. The Hall–Kier alpha value is -2.28. The van der Waals surface area contributed by atoms with E-state index in [9.17, 15) is 4.79 Å². The summed E-state index contributed by atoms with van der Waals surface area (Å²) in [5.41, 5.74) is 3.89. The first-order chi connectivity index (χ1) is 12.3. The maximum Gasteiger partial charge on any atom is 0.274 e. The third-order valence-electron chi connectivity index (χ3n) is 5.05. The Morgan fingerprint density at radius 3 is 3.16 bits per heavy atom. The average Bonchev–Trinajstić information content (AvgIpc) is 3.11. The summed E-state index contributed by atoms with van der Waals surface area (Å²) in [6.45, 7) is 1.82. The van der Waals surface area contributed by atoms with E-state index >= 15 is 0 Å². The van der Waals surface area contributed by atoms with Crippen LogP contribution in [0.2, 0.25) is 0 Å². The Morgan fingerprint density at radius 1 is 1.36 bits per heavy atom. The zero-order valence-corrected chi connectivity index (χ0v) is 14.3.